The van der Waals surface area contributed by atoms with Crippen molar-refractivity contribution in [2.24, 2.45) is 0 Å². The van der Waals surface area contributed by atoms with Gasteiger partial charge >= 0.3 is 0 Å². The van der Waals surface area contributed by atoms with E-state index in [9.17, 15) is 4.79 Å². The number of nitrogen functional groups attached to an aromatic ring is 1. The first-order chi connectivity index (χ1) is 9.24. The molecule has 2 aromatic rings. The SMILES string of the molecule is Nc1nc(C(=O)N2CCC(c3ncc[nH]3)CC2)cs1. The second-order valence-corrected chi connectivity index (χ2v) is 5.50. The van der Waals surface area contributed by atoms with E-state index in [1.54, 1.807) is 11.6 Å². The Labute approximate surface area is 114 Å². The lowest BCUT2D eigenvalue weighted by Crippen LogP contribution is -2.38. The van der Waals surface area contributed by atoms with Crippen LogP contribution >= 0.6 is 11.3 Å². The highest BCUT2D eigenvalue weighted by molar-refractivity contribution is 7.13. The maximum Gasteiger partial charge on any atom is 0.273 e. The number of hydrogen-bond donors (Lipinski definition) is 2. The summed E-state index contributed by atoms with van der Waals surface area (Å²) in [6, 6.07) is 0. The second kappa shape index (κ2) is 5.00. The number of anilines is 1. The minimum atomic E-state index is -0.0224. The maximum atomic E-state index is 12.2. The Bertz CT molecular complexity index is 556. The third-order valence-electron chi connectivity index (χ3n) is 3.43. The Morgan fingerprint density at radius 1 is 1.47 bits per heavy atom. The molecule has 2 aromatic heterocycles. The Balaban J connectivity index is 1.62. The minimum Gasteiger partial charge on any atom is -0.375 e. The van der Waals surface area contributed by atoms with Crippen LogP contribution in [0.2, 0.25) is 0 Å². The number of rotatable bonds is 2. The van der Waals surface area contributed by atoms with E-state index in [4.69, 9.17) is 5.73 Å². The average molecular weight is 277 g/mol. The van der Waals surface area contributed by atoms with Gasteiger partial charge in [0.05, 0.1) is 0 Å². The number of aromatic nitrogens is 3. The van der Waals surface area contributed by atoms with Crippen LogP contribution in [-0.2, 0) is 0 Å². The molecule has 0 radical (unpaired) electrons. The predicted molar refractivity (Wildman–Crippen MR) is 73.0 cm³/mol. The van der Waals surface area contributed by atoms with E-state index in [2.05, 4.69) is 15.0 Å². The summed E-state index contributed by atoms with van der Waals surface area (Å²) in [6.07, 6.45) is 5.47. The summed E-state index contributed by atoms with van der Waals surface area (Å²) in [7, 11) is 0. The molecule has 0 atom stereocenters. The van der Waals surface area contributed by atoms with E-state index in [-0.39, 0.29) is 5.91 Å². The number of likely N-dealkylation sites (tertiary alicyclic amines) is 1. The Hall–Kier alpha value is -1.89. The number of hydrogen-bond acceptors (Lipinski definition) is 5. The third kappa shape index (κ3) is 2.46. The first kappa shape index (κ1) is 12.2. The Morgan fingerprint density at radius 3 is 2.84 bits per heavy atom. The molecule has 1 fully saturated rings. The minimum absolute atomic E-state index is 0.0224. The van der Waals surface area contributed by atoms with Crippen LogP contribution in [0, 0.1) is 0 Å². The normalized spacial score (nSPS) is 16.7. The van der Waals surface area contributed by atoms with Gasteiger partial charge in [-0.1, -0.05) is 0 Å². The lowest BCUT2D eigenvalue weighted by Gasteiger charge is -2.30. The van der Waals surface area contributed by atoms with Crippen molar-refractivity contribution < 1.29 is 4.79 Å². The molecule has 0 unspecified atom stereocenters. The molecule has 3 heterocycles. The zero-order valence-corrected chi connectivity index (χ0v) is 11.2. The highest BCUT2D eigenvalue weighted by atomic mass is 32.1. The number of piperidine rings is 1. The van der Waals surface area contributed by atoms with Crippen molar-refractivity contribution in [3.63, 3.8) is 0 Å². The van der Waals surface area contributed by atoms with E-state index in [1.807, 2.05) is 11.1 Å². The van der Waals surface area contributed by atoms with Crippen LogP contribution in [0.1, 0.15) is 35.1 Å². The van der Waals surface area contributed by atoms with Crippen molar-refractivity contribution >= 4 is 22.4 Å². The maximum absolute atomic E-state index is 12.2. The van der Waals surface area contributed by atoms with Gasteiger partial charge < -0.3 is 15.6 Å². The fourth-order valence-corrected chi connectivity index (χ4v) is 2.94. The number of amides is 1. The smallest absolute Gasteiger partial charge is 0.273 e. The van der Waals surface area contributed by atoms with Gasteiger partial charge in [-0.15, -0.1) is 11.3 Å². The van der Waals surface area contributed by atoms with Gasteiger partial charge in [-0.3, -0.25) is 4.79 Å². The molecule has 100 valence electrons. The van der Waals surface area contributed by atoms with Crippen molar-refractivity contribution in [3.05, 3.63) is 29.3 Å². The zero-order valence-electron chi connectivity index (χ0n) is 10.4. The first-order valence-corrected chi connectivity index (χ1v) is 7.11. The summed E-state index contributed by atoms with van der Waals surface area (Å²) in [4.78, 5) is 25.5. The van der Waals surface area contributed by atoms with Crippen molar-refractivity contribution in [1.29, 1.82) is 0 Å². The predicted octanol–water partition coefficient (Wildman–Crippen LogP) is 1.47. The molecule has 0 spiro atoms. The summed E-state index contributed by atoms with van der Waals surface area (Å²) in [6.45, 7) is 1.48. The molecule has 1 aliphatic heterocycles. The third-order valence-corrected chi connectivity index (χ3v) is 4.10. The van der Waals surface area contributed by atoms with Crippen LogP contribution in [0.3, 0.4) is 0 Å². The zero-order chi connectivity index (χ0) is 13.2. The molecule has 3 N–H and O–H groups in total. The highest BCUT2D eigenvalue weighted by Crippen LogP contribution is 2.26. The number of H-pyrrole nitrogens is 1. The molecule has 6 nitrogen and oxygen atoms in total. The lowest BCUT2D eigenvalue weighted by atomic mass is 9.96. The van der Waals surface area contributed by atoms with Gasteiger partial charge in [-0.2, -0.15) is 0 Å². The number of carbonyl (C=O) groups is 1. The Morgan fingerprint density at radius 2 is 2.26 bits per heavy atom. The van der Waals surface area contributed by atoms with Crippen molar-refractivity contribution in [2.45, 2.75) is 18.8 Å². The van der Waals surface area contributed by atoms with Crippen LogP contribution in [-0.4, -0.2) is 38.8 Å². The van der Waals surface area contributed by atoms with Gasteiger partial charge in [0.25, 0.3) is 5.91 Å². The van der Waals surface area contributed by atoms with E-state index >= 15 is 0 Å². The summed E-state index contributed by atoms with van der Waals surface area (Å²) in [5.41, 5.74) is 6.01. The van der Waals surface area contributed by atoms with Gasteiger partial charge in [-0.05, 0) is 12.8 Å². The van der Waals surface area contributed by atoms with Crippen molar-refractivity contribution in [3.8, 4) is 0 Å². The summed E-state index contributed by atoms with van der Waals surface area (Å²) < 4.78 is 0. The first-order valence-electron chi connectivity index (χ1n) is 6.23. The topological polar surface area (TPSA) is 87.9 Å². The van der Waals surface area contributed by atoms with Gasteiger partial charge in [0.1, 0.15) is 11.5 Å². The molecule has 19 heavy (non-hydrogen) atoms. The van der Waals surface area contributed by atoms with Crippen LogP contribution in [0.15, 0.2) is 17.8 Å². The summed E-state index contributed by atoms with van der Waals surface area (Å²) in [5.74, 6) is 1.41. The standard InChI is InChI=1S/C12H15N5OS/c13-12-16-9(7-19-12)11(18)17-5-1-8(2-6-17)10-14-3-4-15-10/h3-4,7-8H,1-2,5-6H2,(H2,13,16)(H,14,15). The molecule has 1 aliphatic rings. The van der Waals surface area contributed by atoms with E-state index in [1.165, 1.54) is 11.3 Å². The number of carbonyl (C=O) groups excluding carboxylic acids is 1. The van der Waals surface area contributed by atoms with Gasteiger partial charge in [-0.25, -0.2) is 9.97 Å². The van der Waals surface area contributed by atoms with Crippen LogP contribution < -0.4 is 5.73 Å². The molecular weight excluding hydrogens is 262 g/mol. The van der Waals surface area contributed by atoms with Gasteiger partial charge in [0, 0.05) is 36.8 Å². The van der Waals surface area contributed by atoms with Gasteiger partial charge in [0.15, 0.2) is 5.13 Å². The summed E-state index contributed by atoms with van der Waals surface area (Å²) in [5, 5.41) is 2.16. The number of imidazole rings is 1. The molecule has 0 aromatic carbocycles. The van der Waals surface area contributed by atoms with Crippen LogP contribution in [0.4, 0.5) is 5.13 Å². The number of nitrogens with two attached hydrogens (primary N) is 1. The van der Waals surface area contributed by atoms with Gasteiger partial charge in [0.2, 0.25) is 0 Å². The van der Waals surface area contributed by atoms with Crippen molar-refractivity contribution in [2.75, 3.05) is 18.8 Å². The average Bonchev–Trinajstić information content (AvgIpc) is 3.09. The molecular formula is C12H15N5OS. The van der Waals surface area contributed by atoms with E-state index < -0.39 is 0 Å². The quantitative estimate of drug-likeness (QED) is 0.870. The highest BCUT2D eigenvalue weighted by Gasteiger charge is 2.26. The monoisotopic (exact) mass is 277 g/mol. The fourth-order valence-electron chi connectivity index (χ4n) is 2.40. The molecule has 7 heteroatoms. The largest absolute Gasteiger partial charge is 0.375 e. The molecule has 1 amide bonds. The number of nitrogens with zero attached hydrogens (tertiary/aromatic N) is 3. The number of thiazole rings is 1. The Kier molecular flexibility index (Phi) is 3.20. The van der Waals surface area contributed by atoms with Crippen molar-refractivity contribution in [1.82, 2.24) is 19.9 Å². The van der Waals surface area contributed by atoms with Crippen LogP contribution in [0.5, 0.6) is 0 Å². The number of nitrogens with one attached hydrogen (secondary N) is 1. The lowest BCUT2D eigenvalue weighted by molar-refractivity contribution is 0.0706. The second-order valence-electron chi connectivity index (χ2n) is 4.61. The van der Waals surface area contributed by atoms with E-state index in [0.29, 0.717) is 16.7 Å². The molecule has 0 saturated carbocycles. The molecule has 0 aliphatic carbocycles. The number of aromatic amines is 1. The fraction of sp³-hybridized carbons (Fsp3) is 0.417. The summed E-state index contributed by atoms with van der Waals surface area (Å²) >= 11 is 1.30. The molecule has 3 rings (SSSR count). The molecule has 0 bridgehead atoms. The van der Waals surface area contributed by atoms with Crippen LogP contribution in [0.25, 0.3) is 0 Å². The van der Waals surface area contributed by atoms with E-state index in [0.717, 1.165) is 31.8 Å². The molecule has 1 saturated heterocycles.